The van der Waals surface area contributed by atoms with Crippen LogP contribution in [0.3, 0.4) is 0 Å². The molecule has 2 saturated heterocycles. The average molecular weight is 468 g/mol. The fourth-order valence-corrected chi connectivity index (χ4v) is 7.13. The summed E-state index contributed by atoms with van der Waals surface area (Å²) in [5.41, 5.74) is 1.04. The number of ketones is 1. The summed E-state index contributed by atoms with van der Waals surface area (Å²) < 4.78 is 5.56. The van der Waals surface area contributed by atoms with Gasteiger partial charge in [0, 0.05) is 64.1 Å². The van der Waals surface area contributed by atoms with Crippen molar-refractivity contribution in [3.8, 4) is 0 Å². The first kappa shape index (κ1) is 22.3. The van der Waals surface area contributed by atoms with Crippen LogP contribution in [0, 0.1) is 11.3 Å². The first-order valence-electron chi connectivity index (χ1n) is 13.5. The molecule has 6 rings (SSSR count). The van der Waals surface area contributed by atoms with E-state index < -0.39 is 0 Å². The number of fused-ring (bicyclic) bond motifs is 1. The van der Waals surface area contributed by atoms with E-state index in [9.17, 15) is 14.4 Å². The normalized spacial score (nSPS) is 27.6. The molecule has 2 amide bonds. The highest BCUT2D eigenvalue weighted by atomic mass is 16.3. The van der Waals surface area contributed by atoms with E-state index in [0.717, 1.165) is 64.3 Å². The van der Waals surface area contributed by atoms with Gasteiger partial charge in [0.15, 0.2) is 5.78 Å². The number of rotatable bonds is 3. The molecule has 4 fully saturated rings. The lowest BCUT2D eigenvalue weighted by Crippen LogP contribution is -2.53. The lowest BCUT2D eigenvalue weighted by molar-refractivity contribution is -0.136. The molecule has 0 unspecified atom stereocenters. The molecular formula is C27H37N3O4. The predicted molar refractivity (Wildman–Crippen MR) is 127 cm³/mol. The Morgan fingerprint density at radius 3 is 2.35 bits per heavy atom. The number of Topliss-reactive ketones (excluding diaryl/α,β-unsaturated/α-hetero) is 1. The Balaban J connectivity index is 1.02. The summed E-state index contributed by atoms with van der Waals surface area (Å²) in [6, 6.07) is 0.733. The van der Waals surface area contributed by atoms with E-state index in [4.69, 9.17) is 4.42 Å². The fraction of sp³-hybridized carbons (Fsp3) is 0.741. The Bertz CT molecular complexity index is 963. The van der Waals surface area contributed by atoms with Crippen molar-refractivity contribution in [3.05, 3.63) is 23.2 Å². The van der Waals surface area contributed by atoms with Gasteiger partial charge in [-0.2, -0.15) is 0 Å². The van der Waals surface area contributed by atoms with Gasteiger partial charge in [0.1, 0.15) is 12.0 Å². The smallest absolute Gasteiger partial charge is 0.257 e. The van der Waals surface area contributed by atoms with E-state index in [0.29, 0.717) is 42.3 Å². The van der Waals surface area contributed by atoms with Gasteiger partial charge < -0.3 is 14.2 Å². The van der Waals surface area contributed by atoms with Crippen molar-refractivity contribution in [1.29, 1.82) is 0 Å². The summed E-state index contributed by atoms with van der Waals surface area (Å²) in [6.45, 7) is 5.09. The minimum atomic E-state index is -0.0857. The van der Waals surface area contributed by atoms with Crippen LogP contribution in [0.15, 0.2) is 10.7 Å². The molecular weight excluding hydrogens is 430 g/mol. The van der Waals surface area contributed by atoms with Gasteiger partial charge in [0.2, 0.25) is 5.91 Å². The number of hydrogen-bond donors (Lipinski definition) is 0. The van der Waals surface area contributed by atoms with Gasteiger partial charge >= 0.3 is 0 Å². The van der Waals surface area contributed by atoms with Crippen LogP contribution in [-0.4, -0.2) is 77.6 Å². The van der Waals surface area contributed by atoms with Gasteiger partial charge in [-0.3, -0.25) is 19.3 Å². The van der Waals surface area contributed by atoms with Crippen LogP contribution in [0.2, 0.25) is 0 Å². The Labute approximate surface area is 201 Å². The van der Waals surface area contributed by atoms with Gasteiger partial charge in [-0.15, -0.1) is 0 Å². The van der Waals surface area contributed by atoms with Crippen molar-refractivity contribution < 1.29 is 18.8 Å². The van der Waals surface area contributed by atoms with Crippen LogP contribution >= 0.6 is 0 Å². The molecule has 3 heterocycles. The second-order valence-corrected chi connectivity index (χ2v) is 11.3. The molecule has 0 bridgehead atoms. The monoisotopic (exact) mass is 467 g/mol. The lowest BCUT2D eigenvalue weighted by Gasteiger charge is -2.41. The summed E-state index contributed by atoms with van der Waals surface area (Å²) in [7, 11) is 0. The number of carbonyl (C=O) groups excluding carboxylic acids is 3. The standard InChI is InChI=1S/C27H37N3O4/c31-22-7-4-8-23-24(22)20(18-34-23)25(32)29-11-9-27(10-12-29)17-21(27)26(33)30-15-13-28(14-16-30)19-5-2-1-3-6-19/h18-19,21H,1-17H2/t21-/m0/s1. The Morgan fingerprint density at radius 2 is 1.62 bits per heavy atom. The molecule has 5 aliphatic rings. The molecule has 3 aliphatic carbocycles. The van der Waals surface area contributed by atoms with Crippen LogP contribution in [-0.2, 0) is 11.2 Å². The Morgan fingerprint density at radius 1 is 0.882 bits per heavy atom. The molecule has 1 aromatic rings. The van der Waals surface area contributed by atoms with Gasteiger partial charge in [0.25, 0.3) is 5.91 Å². The van der Waals surface area contributed by atoms with E-state index in [-0.39, 0.29) is 23.0 Å². The highest BCUT2D eigenvalue weighted by Gasteiger charge is 2.59. The number of carbonyl (C=O) groups is 3. The van der Waals surface area contributed by atoms with Crippen molar-refractivity contribution in [2.45, 2.75) is 76.7 Å². The summed E-state index contributed by atoms with van der Waals surface area (Å²) in [4.78, 5) is 45.4. The van der Waals surface area contributed by atoms with Crippen molar-refractivity contribution in [2.24, 2.45) is 11.3 Å². The molecule has 1 spiro atoms. The maximum atomic E-state index is 13.3. The zero-order valence-electron chi connectivity index (χ0n) is 20.2. The third-order valence-corrected chi connectivity index (χ3v) is 9.44. The van der Waals surface area contributed by atoms with Crippen LogP contribution in [0.25, 0.3) is 0 Å². The highest BCUT2D eigenvalue weighted by molar-refractivity contribution is 6.09. The predicted octanol–water partition coefficient (Wildman–Crippen LogP) is 3.52. The van der Waals surface area contributed by atoms with Crippen LogP contribution in [0.5, 0.6) is 0 Å². The Kier molecular flexibility index (Phi) is 5.79. The zero-order valence-corrected chi connectivity index (χ0v) is 20.2. The fourth-order valence-electron chi connectivity index (χ4n) is 7.13. The molecule has 1 atom stereocenters. The number of nitrogens with zero attached hydrogens (tertiary/aromatic N) is 3. The van der Waals surface area contributed by atoms with Gasteiger partial charge in [0.05, 0.1) is 11.1 Å². The first-order valence-corrected chi connectivity index (χ1v) is 13.5. The van der Waals surface area contributed by atoms with E-state index in [2.05, 4.69) is 9.80 Å². The largest absolute Gasteiger partial charge is 0.468 e. The van der Waals surface area contributed by atoms with Crippen molar-refractivity contribution in [2.75, 3.05) is 39.3 Å². The second kappa shape index (κ2) is 8.81. The number of likely N-dealkylation sites (tertiary alicyclic amines) is 1. The molecule has 7 nitrogen and oxygen atoms in total. The second-order valence-electron chi connectivity index (χ2n) is 11.3. The summed E-state index contributed by atoms with van der Waals surface area (Å²) in [6.07, 6.45) is 13.0. The van der Waals surface area contributed by atoms with Gasteiger partial charge in [-0.1, -0.05) is 19.3 Å². The molecule has 0 N–H and O–H groups in total. The molecule has 2 aliphatic heterocycles. The van der Waals surface area contributed by atoms with Crippen LogP contribution in [0.1, 0.15) is 90.7 Å². The third-order valence-electron chi connectivity index (χ3n) is 9.44. The Hall–Kier alpha value is -2.15. The third kappa shape index (κ3) is 3.90. The number of hydrogen-bond acceptors (Lipinski definition) is 5. The lowest BCUT2D eigenvalue weighted by atomic mass is 9.89. The summed E-state index contributed by atoms with van der Waals surface area (Å²) >= 11 is 0. The molecule has 34 heavy (non-hydrogen) atoms. The minimum absolute atomic E-state index is 0.0308. The van der Waals surface area contributed by atoms with E-state index in [1.807, 2.05) is 4.90 Å². The quantitative estimate of drug-likeness (QED) is 0.680. The first-order chi connectivity index (χ1) is 16.6. The average Bonchev–Trinajstić information content (AvgIpc) is 3.39. The molecule has 7 heteroatoms. The SMILES string of the molecule is O=C1CCCc2occ(C(=O)N3CCC4(CC3)C[C@H]4C(=O)N3CCN(C4CCCCC4)CC3)c21. The molecule has 184 valence electrons. The molecule has 2 saturated carbocycles. The van der Waals surface area contributed by atoms with Crippen molar-refractivity contribution in [1.82, 2.24) is 14.7 Å². The van der Waals surface area contributed by atoms with Crippen LogP contribution < -0.4 is 0 Å². The summed E-state index contributed by atoms with van der Waals surface area (Å²) in [5.74, 6) is 1.09. The maximum Gasteiger partial charge on any atom is 0.257 e. The molecule has 0 aromatic carbocycles. The maximum absolute atomic E-state index is 13.3. The molecule has 1 aromatic heterocycles. The van der Waals surface area contributed by atoms with Crippen molar-refractivity contribution in [3.63, 3.8) is 0 Å². The number of piperidine rings is 1. The summed E-state index contributed by atoms with van der Waals surface area (Å²) in [5, 5.41) is 0. The number of furan rings is 1. The minimum Gasteiger partial charge on any atom is -0.468 e. The van der Waals surface area contributed by atoms with Gasteiger partial charge in [-0.25, -0.2) is 0 Å². The van der Waals surface area contributed by atoms with E-state index >= 15 is 0 Å². The van der Waals surface area contributed by atoms with Crippen molar-refractivity contribution >= 4 is 17.6 Å². The van der Waals surface area contributed by atoms with Gasteiger partial charge in [-0.05, 0) is 43.9 Å². The number of piperazine rings is 1. The van der Waals surface area contributed by atoms with E-state index in [1.165, 1.54) is 38.4 Å². The van der Waals surface area contributed by atoms with E-state index in [1.54, 1.807) is 0 Å². The highest BCUT2D eigenvalue weighted by Crippen LogP contribution is 2.60. The van der Waals surface area contributed by atoms with Crippen LogP contribution in [0.4, 0.5) is 0 Å². The number of amides is 2. The number of aryl methyl sites for hydroxylation is 1. The topological polar surface area (TPSA) is 74.1 Å². The zero-order chi connectivity index (χ0) is 23.3. The molecule has 0 radical (unpaired) electrons.